The maximum atomic E-state index is 12.5. The van der Waals surface area contributed by atoms with Crippen LogP contribution in [0.4, 0.5) is 0 Å². The van der Waals surface area contributed by atoms with Crippen LogP contribution in [-0.2, 0) is 16.4 Å². The molecule has 0 radical (unpaired) electrons. The second-order valence-corrected chi connectivity index (χ2v) is 7.91. The van der Waals surface area contributed by atoms with Gasteiger partial charge in [-0.25, -0.2) is 18.6 Å². The molecule has 0 aromatic heterocycles. The molecular formula is C16H14BrN3O4S. The van der Waals surface area contributed by atoms with E-state index in [0.29, 0.717) is 23.0 Å². The van der Waals surface area contributed by atoms with E-state index in [4.69, 9.17) is 5.14 Å². The summed E-state index contributed by atoms with van der Waals surface area (Å²) >= 11 is 3.20. The largest absolute Gasteiger partial charge is 0.272 e. The van der Waals surface area contributed by atoms with Gasteiger partial charge in [0.15, 0.2) is 0 Å². The van der Waals surface area contributed by atoms with Gasteiger partial charge in [-0.05, 0) is 52.2 Å². The highest BCUT2D eigenvalue weighted by atomic mass is 79.9. The molecule has 2 aromatic rings. The molecule has 2 aromatic carbocycles. The van der Waals surface area contributed by atoms with Gasteiger partial charge in [-0.3, -0.25) is 15.0 Å². The first kappa shape index (κ1) is 17.6. The Kier molecular flexibility index (Phi) is 4.63. The van der Waals surface area contributed by atoms with Crippen molar-refractivity contribution >= 4 is 37.8 Å². The molecule has 0 unspecified atom stereocenters. The number of carbonyl (C=O) groups is 2. The van der Waals surface area contributed by atoms with Crippen LogP contribution in [0.25, 0.3) is 0 Å². The van der Waals surface area contributed by atoms with Gasteiger partial charge in [-0.15, -0.1) is 0 Å². The third kappa shape index (κ3) is 3.58. The van der Waals surface area contributed by atoms with Gasteiger partial charge in [0.05, 0.1) is 10.5 Å². The Balaban J connectivity index is 1.85. The van der Waals surface area contributed by atoms with Gasteiger partial charge in [0.25, 0.3) is 11.8 Å². The number of hydrogen-bond acceptors (Lipinski definition) is 4. The van der Waals surface area contributed by atoms with Crippen LogP contribution < -0.4 is 10.6 Å². The zero-order valence-corrected chi connectivity index (χ0v) is 15.3. The summed E-state index contributed by atoms with van der Waals surface area (Å²) in [7, 11) is -3.94. The predicted molar refractivity (Wildman–Crippen MR) is 94.2 cm³/mol. The van der Waals surface area contributed by atoms with Crippen LogP contribution in [-0.4, -0.2) is 31.8 Å². The maximum absolute atomic E-state index is 12.5. The van der Waals surface area contributed by atoms with Crippen LogP contribution in [0.3, 0.4) is 0 Å². The Morgan fingerprint density at radius 3 is 2.64 bits per heavy atom. The molecule has 1 aliphatic rings. The molecule has 0 spiro atoms. The summed E-state index contributed by atoms with van der Waals surface area (Å²) in [5.74, 6) is -0.918. The first-order chi connectivity index (χ1) is 11.8. The van der Waals surface area contributed by atoms with Gasteiger partial charge in [-0.2, -0.15) is 0 Å². The standard InChI is InChI=1S/C16H14BrN3O4S/c17-14-6-5-11(25(18,23)24)9-13(14)15(21)19-20-8-7-10-3-1-2-4-12(10)16(20)22/h1-6,9H,7-8H2,(H,19,21)(H2,18,23,24). The lowest BCUT2D eigenvalue weighted by atomic mass is 10.0. The van der Waals surface area contributed by atoms with E-state index in [2.05, 4.69) is 21.4 Å². The van der Waals surface area contributed by atoms with Crippen LogP contribution in [0, 0.1) is 0 Å². The van der Waals surface area contributed by atoms with Crippen LogP contribution in [0.1, 0.15) is 26.3 Å². The SMILES string of the molecule is NS(=O)(=O)c1ccc(Br)c(C(=O)NN2CCc3ccccc3C2=O)c1. The van der Waals surface area contributed by atoms with E-state index in [1.807, 2.05) is 12.1 Å². The number of nitrogens with one attached hydrogen (secondary N) is 1. The van der Waals surface area contributed by atoms with Crippen molar-refractivity contribution in [2.24, 2.45) is 5.14 Å². The number of nitrogens with zero attached hydrogens (tertiary/aromatic N) is 1. The van der Waals surface area contributed by atoms with Crippen molar-refractivity contribution < 1.29 is 18.0 Å². The summed E-state index contributed by atoms with van der Waals surface area (Å²) in [6.45, 7) is 0.327. The van der Waals surface area contributed by atoms with E-state index in [1.54, 1.807) is 12.1 Å². The minimum absolute atomic E-state index is 0.0678. The average Bonchev–Trinajstić information content (AvgIpc) is 2.57. The minimum atomic E-state index is -3.94. The molecule has 0 fully saturated rings. The van der Waals surface area contributed by atoms with E-state index in [1.165, 1.54) is 17.1 Å². The highest BCUT2D eigenvalue weighted by Gasteiger charge is 2.26. The molecule has 9 heteroatoms. The fraction of sp³-hybridized carbons (Fsp3) is 0.125. The van der Waals surface area contributed by atoms with Gasteiger partial charge >= 0.3 is 0 Å². The maximum Gasteiger partial charge on any atom is 0.272 e. The molecule has 0 bridgehead atoms. The quantitative estimate of drug-likeness (QED) is 0.777. The summed E-state index contributed by atoms with van der Waals surface area (Å²) in [5, 5.41) is 6.32. The Morgan fingerprint density at radius 1 is 1.20 bits per heavy atom. The fourth-order valence-electron chi connectivity index (χ4n) is 2.57. The fourth-order valence-corrected chi connectivity index (χ4v) is 3.54. The number of carbonyl (C=O) groups excluding carboxylic acids is 2. The average molecular weight is 424 g/mol. The van der Waals surface area contributed by atoms with Crippen molar-refractivity contribution in [3.8, 4) is 0 Å². The molecule has 0 saturated carbocycles. The predicted octanol–water partition coefficient (Wildman–Crippen LogP) is 1.44. The number of halogens is 1. The number of hydrazine groups is 1. The lowest BCUT2D eigenvalue weighted by molar-refractivity contribution is 0.0567. The van der Waals surface area contributed by atoms with Gasteiger partial charge in [0.1, 0.15) is 0 Å². The Bertz CT molecular complexity index is 975. The number of amides is 2. The second kappa shape index (κ2) is 6.58. The van der Waals surface area contributed by atoms with Gasteiger partial charge in [-0.1, -0.05) is 18.2 Å². The Hall–Kier alpha value is -2.23. The zero-order valence-electron chi connectivity index (χ0n) is 12.9. The second-order valence-electron chi connectivity index (χ2n) is 5.49. The molecule has 7 nitrogen and oxygen atoms in total. The lowest BCUT2D eigenvalue weighted by Crippen LogP contribution is -2.49. The van der Waals surface area contributed by atoms with Crippen molar-refractivity contribution in [2.45, 2.75) is 11.3 Å². The first-order valence-electron chi connectivity index (χ1n) is 7.30. The van der Waals surface area contributed by atoms with Gasteiger partial charge in [0, 0.05) is 16.6 Å². The molecule has 0 aliphatic carbocycles. The van der Waals surface area contributed by atoms with E-state index in [-0.39, 0.29) is 16.4 Å². The molecule has 2 amide bonds. The lowest BCUT2D eigenvalue weighted by Gasteiger charge is -2.28. The number of primary sulfonamides is 1. The molecule has 0 saturated heterocycles. The minimum Gasteiger partial charge on any atom is -0.267 e. The number of rotatable bonds is 3. The monoisotopic (exact) mass is 423 g/mol. The third-order valence-electron chi connectivity index (χ3n) is 3.85. The smallest absolute Gasteiger partial charge is 0.267 e. The number of benzene rings is 2. The molecule has 3 rings (SSSR count). The van der Waals surface area contributed by atoms with Crippen molar-refractivity contribution in [1.29, 1.82) is 0 Å². The molecule has 130 valence electrons. The molecule has 3 N–H and O–H groups in total. The summed E-state index contributed by atoms with van der Waals surface area (Å²) in [5.41, 5.74) is 4.05. The van der Waals surface area contributed by atoms with Gasteiger partial charge in [0.2, 0.25) is 10.0 Å². The van der Waals surface area contributed by atoms with Crippen LogP contribution >= 0.6 is 15.9 Å². The number of nitrogens with two attached hydrogens (primary N) is 1. The number of fused-ring (bicyclic) bond motifs is 1. The summed E-state index contributed by atoms with van der Waals surface area (Å²) in [6, 6.07) is 11.1. The molecule has 1 aliphatic heterocycles. The normalized spacial score (nSPS) is 14.2. The van der Waals surface area contributed by atoms with E-state index in [0.717, 1.165) is 11.6 Å². The van der Waals surface area contributed by atoms with E-state index >= 15 is 0 Å². The zero-order chi connectivity index (χ0) is 18.2. The van der Waals surface area contributed by atoms with Crippen LogP contribution in [0.2, 0.25) is 0 Å². The summed E-state index contributed by atoms with van der Waals surface area (Å²) < 4.78 is 23.3. The summed E-state index contributed by atoms with van der Waals surface area (Å²) in [6.07, 6.45) is 0.612. The number of hydrogen-bond donors (Lipinski definition) is 2. The van der Waals surface area contributed by atoms with E-state index in [9.17, 15) is 18.0 Å². The molecule has 1 heterocycles. The van der Waals surface area contributed by atoms with Crippen molar-refractivity contribution in [2.75, 3.05) is 6.54 Å². The first-order valence-corrected chi connectivity index (χ1v) is 9.64. The highest BCUT2D eigenvalue weighted by Crippen LogP contribution is 2.22. The Morgan fingerprint density at radius 2 is 1.92 bits per heavy atom. The van der Waals surface area contributed by atoms with Crippen molar-refractivity contribution in [3.63, 3.8) is 0 Å². The molecule has 0 atom stereocenters. The van der Waals surface area contributed by atoms with Gasteiger partial charge < -0.3 is 0 Å². The van der Waals surface area contributed by atoms with E-state index < -0.39 is 15.9 Å². The number of sulfonamides is 1. The molecular weight excluding hydrogens is 410 g/mol. The van der Waals surface area contributed by atoms with Crippen LogP contribution in [0.5, 0.6) is 0 Å². The third-order valence-corrected chi connectivity index (χ3v) is 5.45. The molecule has 25 heavy (non-hydrogen) atoms. The van der Waals surface area contributed by atoms with Crippen molar-refractivity contribution in [1.82, 2.24) is 10.4 Å². The highest BCUT2D eigenvalue weighted by molar-refractivity contribution is 9.10. The van der Waals surface area contributed by atoms with Crippen LogP contribution in [0.15, 0.2) is 51.8 Å². The topological polar surface area (TPSA) is 110 Å². The summed E-state index contributed by atoms with van der Waals surface area (Å²) in [4.78, 5) is 24.8. The Labute approximate surface area is 153 Å². The van der Waals surface area contributed by atoms with Crippen molar-refractivity contribution in [3.05, 3.63) is 63.6 Å².